The lowest BCUT2D eigenvalue weighted by molar-refractivity contribution is -0.135. The monoisotopic (exact) mass is 311 g/mol. The number of hydrogen-bond acceptors (Lipinski definition) is 8. The zero-order chi connectivity index (χ0) is 16.4. The zero-order valence-corrected chi connectivity index (χ0v) is 12.3. The Balaban J connectivity index is 2.05. The second-order valence-electron chi connectivity index (χ2n) is 4.78. The van der Waals surface area contributed by atoms with Gasteiger partial charge in [-0.3, -0.25) is 4.98 Å². The predicted octanol–water partition coefficient (Wildman–Crippen LogP) is 0.632. The normalized spacial score (nSPS) is 22.4. The van der Waals surface area contributed by atoms with E-state index in [1.165, 1.54) is 0 Å². The SMILES string of the molecule is CCOC(=O)C1=NC2OC(N)=C(C#N)C(c3ccncc3)C2=N1. The van der Waals surface area contributed by atoms with E-state index in [2.05, 4.69) is 15.0 Å². The van der Waals surface area contributed by atoms with Gasteiger partial charge in [-0.15, -0.1) is 0 Å². The summed E-state index contributed by atoms with van der Waals surface area (Å²) in [7, 11) is 0. The molecule has 2 aliphatic rings. The van der Waals surface area contributed by atoms with Crippen molar-refractivity contribution in [3.8, 4) is 6.07 Å². The first kappa shape index (κ1) is 14.7. The molecule has 116 valence electrons. The first-order chi connectivity index (χ1) is 11.2. The van der Waals surface area contributed by atoms with Gasteiger partial charge in [-0.05, 0) is 24.6 Å². The Labute approximate surface area is 132 Å². The number of nitrogens with zero attached hydrogens (tertiary/aromatic N) is 4. The van der Waals surface area contributed by atoms with Gasteiger partial charge < -0.3 is 15.2 Å². The second-order valence-corrected chi connectivity index (χ2v) is 4.78. The van der Waals surface area contributed by atoms with Crippen molar-refractivity contribution in [2.24, 2.45) is 15.7 Å². The third kappa shape index (κ3) is 2.53. The molecule has 3 heterocycles. The predicted molar refractivity (Wildman–Crippen MR) is 80.2 cm³/mol. The number of amidine groups is 1. The van der Waals surface area contributed by atoms with Gasteiger partial charge in [0.25, 0.3) is 0 Å². The van der Waals surface area contributed by atoms with E-state index in [0.29, 0.717) is 5.71 Å². The Bertz CT molecular complexity index is 776. The smallest absolute Gasteiger partial charge is 0.376 e. The summed E-state index contributed by atoms with van der Waals surface area (Å²) in [5.74, 6) is -1.27. The maximum atomic E-state index is 11.8. The van der Waals surface area contributed by atoms with Crippen molar-refractivity contribution in [3.05, 3.63) is 41.5 Å². The van der Waals surface area contributed by atoms with Gasteiger partial charge in [0.1, 0.15) is 11.6 Å². The topological polar surface area (TPSA) is 123 Å². The quantitative estimate of drug-likeness (QED) is 0.817. The van der Waals surface area contributed by atoms with Crippen molar-refractivity contribution >= 4 is 17.5 Å². The molecule has 0 radical (unpaired) electrons. The summed E-state index contributed by atoms with van der Waals surface area (Å²) in [4.78, 5) is 24.1. The Kier molecular flexibility index (Phi) is 3.76. The number of fused-ring (bicyclic) bond motifs is 1. The fourth-order valence-electron chi connectivity index (χ4n) is 2.46. The second kappa shape index (κ2) is 5.88. The molecule has 2 aliphatic heterocycles. The Morgan fingerprint density at radius 2 is 2.22 bits per heavy atom. The van der Waals surface area contributed by atoms with Crippen molar-refractivity contribution in [1.29, 1.82) is 5.26 Å². The molecule has 0 saturated carbocycles. The van der Waals surface area contributed by atoms with E-state index in [9.17, 15) is 10.1 Å². The van der Waals surface area contributed by atoms with Crippen LogP contribution in [0.5, 0.6) is 0 Å². The molecule has 1 aromatic rings. The molecule has 2 unspecified atom stereocenters. The maximum absolute atomic E-state index is 11.8. The van der Waals surface area contributed by atoms with Crippen LogP contribution in [0.3, 0.4) is 0 Å². The molecule has 0 amide bonds. The van der Waals surface area contributed by atoms with E-state index in [1.807, 2.05) is 6.07 Å². The van der Waals surface area contributed by atoms with E-state index in [0.717, 1.165) is 5.56 Å². The van der Waals surface area contributed by atoms with Crippen LogP contribution in [-0.4, -0.2) is 35.3 Å². The standard InChI is InChI=1S/C15H13N5O3/c1-2-22-15(21)13-19-11-10(8-3-5-18-6-4-8)9(7-16)12(17)23-14(11)20-13/h3-6,10,14H,2,17H2,1H3. The van der Waals surface area contributed by atoms with Crippen molar-refractivity contribution in [2.45, 2.75) is 19.1 Å². The minimum absolute atomic E-state index is 0.0212. The maximum Gasteiger partial charge on any atom is 0.376 e. The van der Waals surface area contributed by atoms with Crippen LogP contribution in [0.15, 0.2) is 46.0 Å². The lowest BCUT2D eigenvalue weighted by Crippen LogP contribution is -2.34. The van der Waals surface area contributed by atoms with Gasteiger partial charge in [-0.25, -0.2) is 14.8 Å². The van der Waals surface area contributed by atoms with Crippen LogP contribution in [0.25, 0.3) is 0 Å². The molecule has 0 fully saturated rings. The van der Waals surface area contributed by atoms with Crippen molar-refractivity contribution < 1.29 is 14.3 Å². The van der Waals surface area contributed by atoms with Gasteiger partial charge in [-0.2, -0.15) is 5.26 Å². The first-order valence-corrected chi connectivity index (χ1v) is 6.95. The van der Waals surface area contributed by atoms with E-state index >= 15 is 0 Å². The van der Waals surface area contributed by atoms with Crippen LogP contribution in [0.4, 0.5) is 0 Å². The molecule has 2 N–H and O–H groups in total. The van der Waals surface area contributed by atoms with Crippen LogP contribution in [-0.2, 0) is 14.3 Å². The van der Waals surface area contributed by atoms with Crippen molar-refractivity contribution in [3.63, 3.8) is 0 Å². The van der Waals surface area contributed by atoms with Crippen LogP contribution < -0.4 is 5.73 Å². The van der Waals surface area contributed by atoms with Gasteiger partial charge in [0.15, 0.2) is 0 Å². The lowest BCUT2D eigenvalue weighted by Gasteiger charge is -2.27. The highest BCUT2D eigenvalue weighted by Crippen LogP contribution is 2.35. The summed E-state index contributed by atoms with van der Waals surface area (Å²) in [6, 6.07) is 5.55. The molecule has 8 nitrogen and oxygen atoms in total. The van der Waals surface area contributed by atoms with Crippen molar-refractivity contribution in [1.82, 2.24) is 4.98 Å². The molecule has 23 heavy (non-hydrogen) atoms. The summed E-state index contributed by atoms with van der Waals surface area (Å²) in [5.41, 5.74) is 7.27. The number of esters is 1. The summed E-state index contributed by atoms with van der Waals surface area (Å²) < 4.78 is 10.3. The number of aromatic nitrogens is 1. The van der Waals surface area contributed by atoms with Gasteiger partial charge in [0, 0.05) is 12.4 Å². The average molecular weight is 311 g/mol. The van der Waals surface area contributed by atoms with Gasteiger partial charge >= 0.3 is 5.97 Å². The Morgan fingerprint density at radius 1 is 1.48 bits per heavy atom. The van der Waals surface area contributed by atoms with Gasteiger partial charge in [0.05, 0.1) is 18.2 Å². The summed E-state index contributed by atoms with van der Waals surface area (Å²) in [6.07, 6.45) is 2.38. The number of rotatable bonds is 3. The molecule has 8 heteroatoms. The summed E-state index contributed by atoms with van der Waals surface area (Å²) in [6.45, 7) is 1.91. The number of hydrogen-bond donors (Lipinski definition) is 1. The number of aliphatic imine (C=N–C) groups is 2. The third-order valence-electron chi connectivity index (χ3n) is 3.43. The molecule has 0 aromatic carbocycles. The number of nitrogens with two attached hydrogens (primary N) is 1. The molecule has 0 aliphatic carbocycles. The van der Waals surface area contributed by atoms with Crippen LogP contribution in [0.1, 0.15) is 18.4 Å². The number of pyridine rings is 1. The average Bonchev–Trinajstić information content (AvgIpc) is 2.98. The third-order valence-corrected chi connectivity index (χ3v) is 3.43. The molecular formula is C15H13N5O3. The highest BCUT2D eigenvalue weighted by atomic mass is 16.5. The van der Waals surface area contributed by atoms with Gasteiger partial charge in [-0.1, -0.05) is 0 Å². The van der Waals surface area contributed by atoms with E-state index in [4.69, 9.17) is 15.2 Å². The highest BCUT2D eigenvalue weighted by molar-refractivity contribution is 6.39. The minimum Gasteiger partial charge on any atom is -0.460 e. The largest absolute Gasteiger partial charge is 0.460 e. The van der Waals surface area contributed by atoms with Crippen LogP contribution >= 0.6 is 0 Å². The van der Waals surface area contributed by atoms with Crippen molar-refractivity contribution in [2.75, 3.05) is 6.61 Å². The van der Waals surface area contributed by atoms with Crippen LogP contribution in [0.2, 0.25) is 0 Å². The van der Waals surface area contributed by atoms with E-state index in [-0.39, 0.29) is 23.9 Å². The van der Waals surface area contributed by atoms with Crippen LogP contribution in [0, 0.1) is 11.3 Å². The number of allylic oxidation sites excluding steroid dienone is 1. The molecule has 0 saturated heterocycles. The van der Waals surface area contributed by atoms with E-state index in [1.54, 1.807) is 31.5 Å². The number of ether oxygens (including phenoxy) is 2. The Morgan fingerprint density at radius 3 is 2.87 bits per heavy atom. The van der Waals surface area contributed by atoms with Gasteiger partial charge in [0.2, 0.25) is 17.9 Å². The fourth-order valence-corrected chi connectivity index (χ4v) is 2.46. The van der Waals surface area contributed by atoms with E-state index < -0.39 is 18.1 Å². The molecular weight excluding hydrogens is 298 g/mol. The Hall–Kier alpha value is -3.21. The molecule has 2 atom stereocenters. The molecule has 0 bridgehead atoms. The number of nitriles is 1. The zero-order valence-electron chi connectivity index (χ0n) is 12.3. The highest BCUT2D eigenvalue weighted by Gasteiger charge is 2.41. The lowest BCUT2D eigenvalue weighted by atomic mass is 9.86. The molecule has 0 spiro atoms. The summed E-state index contributed by atoms with van der Waals surface area (Å²) in [5, 5.41) is 9.40. The fraction of sp³-hybridized carbons (Fsp3) is 0.267. The minimum atomic E-state index is -0.829. The number of carbonyl (C=O) groups excluding carboxylic acids is 1. The molecule has 3 rings (SSSR count). The first-order valence-electron chi connectivity index (χ1n) is 6.95. The summed E-state index contributed by atoms with van der Waals surface area (Å²) >= 11 is 0. The molecule has 1 aromatic heterocycles. The number of carbonyl (C=O) groups is 1.